The van der Waals surface area contributed by atoms with Crippen molar-refractivity contribution in [2.24, 2.45) is 0 Å². The molecule has 132 valence electrons. The van der Waals surface area contributed by atoms with E-state index >= 15 is 0 Å². The zero-order valence-corrected chi connectivity index (χ0v) is 14.5. The molecule has 2 heterocycles. The SMILES string of the molecule is CC(=O)Nc1cccc(C(=O)N2CCCC2c2nc3ccccc3[nH]2)c1. The molecular formula is C20H20N4O2. The number of hydrogen-bond acceptors (Lipinski definition) is 3. The van der Waals surface area contributed by atoms with E-state index in [1.807, 2.05) is 29.2 Å². The number of aromatic nitrogens is 2. The van der Waals surface area contributed by atoms with Gasteiger partial charge >= 0.3 is 0 Å². The fraction of sp³-hybridized carbons (Fsp3) is 0.250. The van der Waals surface area contributed by atoms with Crippen molar-refractivity contribution < 1.29 is 9.59 Å². The molecule has 0 spiro atoms. The Morgan fingerprint density at radius 3 is 2.85 bits per heavy atom. The molecule has 1 atom stereocenters. The van der Waals surface area contributed by atoms with Crippen molar-refractivity contribution >= 4 is 28.5 Å². The second-order valence-corrected chi connectivity index (χ2v) is 6.56. The molecule has 2 N–H and O–H groups in total. The Bertz CT molecular complexity index is 946. The van der Waals surface area contributed by atoms with E-state index in [0.717, 1.165) is 29.7 Å². The lowest BCUT2D eigenvalue weighted by Gasteiger charge is -2.23. The Hall–Kier alpha value is -3.15. The van der Waals surface area contributed by atoms with Crippen LogP contribution in [0.2, 0.25) is 0 Å². The topological polar surface area (TPSA) is 78.1 Å². The molecular weight excluding hydrogens is 328 g/mol. The van der Waals surface area contributed by atoms with E-state index < -0.39 is 0 Å². The standard InChI is InChI=1S/C20H20N4O2/c1-13(25)21-15-7-4-6-14(12-15)20(26)24-11-5-10-18(24)19-22-16-8-2-3-9-17(16)23-19/h2-4,6-9,12,18H,5,10-11H2,1H3,(H,21,25)(H,22,23). The van der Waals surface area contributed by atoms with E-state index in [-0.39, 0.29) is 17.9 Å². The second-order valence-electron chi connectivity index (χ2n) is 6.56. The highest BCUT2D eigenvalue weighted by Crippen LogP contribution is 2.32. The van der Waals surface area contributed by atoms with Crippen molar-refractivity contribution in [2.45, 2.75) is 25.8 Å². The number of amides is 2. The molecule has 1 aliphatic rings. The van der Waals surface area contributed by atoms with Gasteiger partial charge in [-0.05, 0) is 43.2 Å². The van der Waals surface area contributed by atoms with Gasteiger partial charge in [0.2, 0.25) is 5.91 Å². The molecule has 0 aliphatic carbocycles. The number of nitrogens with zero attached hydrogens (tertiary/aromatic N) is 2. The quantitative estimate of drug-likeness (QED) is 0.760. The first-order valence-corrected chi connectivity index (χ1v) is 8.75. The highest BCUT2D eigenvalue weighted by atomic mass is 16.2. The van der Waals surface area contributed by atoms with Gasteiger partial charge < -0.3 is 15.2 Å². The van der Waals surface area contributed by atoms with Crippen LogP contribution in [0.25, 0.3) is 11.0 Å². The summed E-state index contributed by atoms with van der Waals surface area (Å²) in [5.74, 6) is 0.631. The summed E-state index contributed by atoms with van der Waals surface area (Å²) < 4.78 is 0. The summed E-state index contributed by atoms with van der Waals surface area (Å²) in [5, 5.41) is 2.72. The number of carbonyl (C=O) groups is 2. The van der Waals surface area contributed by atoms with E-state index in [0.29, 0.717) is 17.8 Å². The van der Waals surface area contributed by atoms with Crippen molar-refractivity contribution in [3.63, 3.8) is 0 Å². The van der Waals surface area contributed by atoms with Gasteiger partial charge in [-0.3, -0.25) is 9.59 Å². The number of hydrogen-bond donors (Lipinski definition) is 2. The Labute approximate surface area is 151 Å². The van der Waals surface area contributed by atoms with Crippen LogP contribution >= 0.6 is 0 Å². The third-order valence-electron chi connectivity index (χ3n) is 4.67. The van der Waals surface area contributed by atoms with E-state index in [1.165, 1.54) is 6.92 Å². The zero-order chi connectivity index (χ0) is 18.1. The number of aromatic amines is 1. The van der Waals surface area contributed by atoms with Crippen LogP contribution in [0.5, 0.6) is 0 Å². The first kappa shape index (κ1) is 16.3. The summed E-state index contributed by atoms with van der Waals surface area (Å²) in [6, 6.07) is 14.9. The fourth-order valence-corrected chi connectivity index (χ4v) is 3.52. The molecule has 26 heavy (non-hydrogen) atoms. The Morgan fingerprint density at radius 2 is 2.04 bits per heavy atom. The van der Waals surface area contributed by atoms with Crippen LogP contribution in [0, 0.1) is 0 Å². The summed E-state index contributed by atoms with van der Waals surface area (Å²) in [5.41, 5.74) is 3.09. The van der Waals surface area contributed by atoms with E-state index in [4.69, 9.17) is 0 Å². The average Bonchev–Trinajstić information content (AvgIpc) is 3.27. The molecule has 0 saturated carbocycles. The fourth-order valence-electron chi connectivity index (χ4n) is 3.52. The van der Waals surface area contributed by atoms with Gasteiger partial charge in [0.15, 0.2) is 0 Å². The van der Waals surface area contributed by atoms with Crippen molar-refractivity contribution in [1.82, 2.24) is 14.9 Å². The van der Waals surface area contributed by atoms with Gasteiger partial charge in [-0.15, -0.1) is 0 Å². The van der Waals surface area contributed by atoms with Crippen LogP contribution in [0.4, 0.5) is 5.69 Å². The van der Waals surface area contributed by atoms with Gasteiger partial charge in [-0.25, -0.2) is 4.98 Å². The van der Waals surface area contributed by atoms with Gasteiger partial charge in [0.25, 0.3) is 5.91 Å². The van der Waals surface area contributed by atoms with Crippen molar-refractivity contribution in [2.75, 3.05) is 11.9 Å². The zero-order valence-electron chi connectivity index (χ0n) is 14.5. The summed E-state index contributed by atoms with van der Waals surface area (Å²) in [6.07, 6.45) is 1.83. The van der Waals surface area contributed by atoms with Crippen molar-refractivity contribution in [3.05, 3.63) is 59.9 Å². The molecule has 1 aliphatic heterocycles. The maximum atomic E-state index is 13.1. The minimum absolute atomic E-state index is 0.0415. The minimum atomic E-state index is -0.157. The lowest BCUT2D eigenvalue weighted by Crippen LogP contribution is -2.31. The molecule has 0 bridgehead atoms. The number of carbonyl (C=O) groups excluding carboxylic acids is 2. The van der Waals surface area contributed by atoms with Gasteiger partial charge in [0.05, 0.1) is 17.1 Å². The summed E-state index contributed by atoms with van der Waals surface area (Å²) in [6.45, 7) is 2.15. The number of H-pyrrole nitrogens is 1. The highest BCUT2D eigenvalue weighted by molar-refractivity contribution is 5.97. The minimum Gasteiger partial charge on any atom is -0.340 e. The smallest absolute Gasteiger partial charge is 0.254 e. The molecule has 3 aromatic rings. The van der Waals surface area contributed by atoms with Crippen LogP contribution in [0.3, 0.4) is 0 Å². The predicted octanol–water partition coefficient (Wildman–Crippen LogP) is 3.50. The molecule has 4 rings (SSSR count). The largest absolute Gasteiger partial charge is 0.340 e. The molecule has 1 fully saturated rings. The highest BCUT2D eigenvalue weighted by Gasteiger charge is 2.32. The lowest BCUT2D eigenvalue weighted by molar-refractivity contribution is -0.114. The molecule has 2 aromatic carbocycles. The summed E-state index contributed by atoms with van der Waals surface area (Å²) in [7, 11) is 0. The van der Waals surface area contributed by atoms with Crippen LogP contribution in [0.15, 0.2) is 48.5 Å². The van der Waals surface area contributed by atoms with Gasteiger partial charge in [0.1, 0.15) is 5.82 Å². The van der Waals surface area contributed by atoms with E-state index in [1.54, 1.807) is 24.3 Å². The predicted molar refractivity (Wildman–Crippen MR) is 99.9 cm³/mol. The van der Waals surface area contributed by atoms with Crippen LogP contribution in [-0.2, 0) is 4.79 Å². The molecule has 1 unspecified atom stereocenters. The molecule has 2 amide bonds. The van der Waals surface area contributed by atoms with Gasteiger partial charge in [-0.2, -0.15) is 0 Å². The maximum absolute atomic E-state index is 13.1. The molecule has 6 heteroatoms. The normalized spacial score (nSPS) is 16.8. The molecule has 1 saturated heterocycles. The Balaban J connectivity index is 1.61. The number of likely N-dealkylation sites (tertiary alicyclic amines) is 1. The number of fused-ring (bicyclic) bond motifs is 1. The number of para-hydroxylation sites is 2. The number of nitrogens with one attached hydrogen (secondary N) is 2. The van der Waals surface area contributed by atoms with Gasteiger partial charge in [-0.1, -0.05) is 18.2 Å². The average molecular weight is 348 g/mol. The summed E-state index contributed by atoms with van der Waals surface area (Å²) in [4.78, 5) is 34.2. The second kappa shape index (κ2) is 6.63. The number of imidazole rings is 1. The van der Waals surface area contributed by atoms with E-state index in [9.17, 15) is 9.59 Å². The molecule has 6 nitrogen and oxygen atoms in total. The summed E-state index contributed by atoms with van der Waals surface area (Å²) >= 11 is 0. The van der Waals surface area contributed by atoms with Crippen molar-refractivity contribution in [3.8, 4) is 0 Å². The first-order valence-electron chi connectivity index (χ1n) is 8.75. The van der Waals surface area contributed by atoms with Crippen LogP contribution in [-0.4, -0.2) is 33.2 Å². The van der Waals surface area contributed by atoms with Crippen LogP contribution in [0.1, 0.15) is 42.0 Å². The maximum Gasteiger partial charge on any atom is 0.254 e. The third kappa shape index (κ3) is 3.06. The lowest BCUT2D eigenvalue weighted by atomic mass is 10.1. The monoisotopic (exact) mass is 348 g/mol. The van der Waals surface area contributed by atoms with Gasteiger partial charge in [0, 0.05) is 24.7 Å². The molecule has 1 aromatic heterocycles. The van der Waals surface area contributed by atoms with Crippen molar-refractivity contribution in [1.29, 1.82) is 0 Å². The third-order valence-corrected chi connectivity index (χ3v) is 4.67. The number of benzene rings is 2. The number of anilines is 1. The van der Waals surface area contributed by atoms with E-state index in [2.05, 4.69) is 15.3 Å². The first-order chi connectivity index (χ1) is 12.6. The number of rotatable bonds is 3. The Kier molecular flexibility index (Phi) is 4.16. The Morgan fingerprint density at radius 1 is 1.19 bits per heavy atom. The molecule has 0 radical (unpaired) electrons. The van der Waals surface area contributed by atoms with Crippen LogP contribution < -0.4 is 5.32 Å².